The van der Waals surface area contributed by atoms with E-state index < -0.39 is 16.1 Å². The van der Waals surface area contributed by atoms with Crippen molar-refractivity contribution >= 4 is 39.3 Å². The first-order valence-electron chi connectivity index (χ1n) is 10.1. The Labute approximate surface area is 187 Å². The lowest BCUT2D eigenvalue weighted by Gasteiger charge is -2.35. The number of likely N-dealkylation sites (N-methyl/N-ethyl adjacent to an activating group) is 1. The van der Waals surface area contributed by atoms with Crippen molar-refractivity contribution in [2.75, 3.05) is 31.7 Å². The highest BCUT2D eigenvalue weighted by molar-refractivity contribution is 7.98. The van der Waals surface area contributed by atoms with Crippen molar-refractivity contribution in [2.24, 2.45) is 0 Å². The van der Waals surface area contributed by atoms with Gasteiger partial charge in [0.05, 0.1) is 17.1 Å². The minimum absolute atomic E-state index is 0.155. The van der Waals surface area contributed by atoms with Gasteiger partial charge in [0.2, 0.25) is 21.8 Å². The summed E-state index contributed by atoms with van der Waals surface area (Å²) in [6.07, 6.45) is 3.82. The van der Waals surface area contributed by atoms with Gasteiger partial charge in [-0.05, 0) is 43.4 Å². The number of nitrogens with one attached hydrogen (secondary N) is 1. The fraction of sp³-hybridized carbons (Fsp3) is 0.364. The highest BCUT2D eigenvalue weighted by Crippen LogP contribution is 2.27. The molecule has 0 aromatic heterocycles. The van der Waals surface area contributed by atoms with E-state index in [-0.39, 0.29) is 29.8 Å². The van der Waals surface area contributed by atoms with Crippen LogP contribution in [0.5, 0.6) is 0 Å². The topological polar surface area (TPSA) is 86.8 Å². The van der Waals surface area contributed by atoms with Gasteiger partial charge >= 0.3 is 0 Å². The maximum absolute atomic E-state index is 13.1. The molecule has 0 bridgehead atoms. The zero-order valence-corrected chi connectivity index (χ0v) is 19.3. The Hall–Kier alpha value is -2.36. The Balaban J connectivity index is 1.71. The summed E-state index contributed by atoms with van der Waals surface area (Å²) in [6.45, 7) is 0.131. The fourth-order valence-corrected chi connectivity index (χ4v) is 5.88. The summed E-state index contributed by atoms with van der Waals surface area (Å²) in [4.78, 5) is 28.1. The van der Waals surface area contributed by atoms with Crippen molar-refractivity contribution in [3.63, 3.8) is 0 Å². The van der Waals surface area contributed by atoms with Gasteiger partial charge in [-0.3, -0.25) is 9.59 Å². The van der Waals surface area contributed by atoms with Gasteiger partial charge < -0.3 is 10.2 Å². The zero-order chi connectivity index (χ0) is 22.4. The second-order valence-corrected chi connectivity index (χ2v) is 10.1. The molecule has 0 saturated carbocycles. The molecule has 2 amide bonds. The van der Waals surface area contributed by atoms with Crippen LogP contribution in [0.15, 0.2) is 64.4 Å². The van der Waals surface area contributed by atoms with Crippen molar-refractivity contribution < 1.29 is 18.0 Å². The third-order valence-corrected chi connectivity index (χ3v) is 7.94. The summed E-state index contributed by atoms with van der Waals surface area (Å²) < 4.78 is 27.5. The van der Waals surface area contributed by atoms with Crippen LogP contribution in [-0.2, 0) is 19.6 Å². The molecule has 1 unspecified atom stereocenters. The highest BCUT2D eigenvalue weighted by atomic mass is 32.2. The third-order valence-electron chi connectivity index (χ3n) is 5.23. The van der Waals surface area contributed by atoms with Crippen molar-refractivity contribution in [1.82, 2.24) is 9.21 Å². The van der Waals surface area contributed by atoms with E-state index in [2.05, 4.69) is 5.32 Å². The lowest BCUT2D eigenvalue weighted by molar-refractivity contribution is -0.137. The Bertz CT molecular complexity index is 1030. The van der Waals surface area contributed by atoms with E-state index in [0.29, 0.717) is 18.5 Å². The number of carbonyl (C=O) groups excluding carboxylic acids is 2. The molecule has 0 spiro atoms. The second kappa shape index (κ2) is 10.3. The van der Waals surface area contributed by atoms with Crippen molar-refractivity contribution in [1.29, 1.82) is 0 Å². The number of hydrogen-bond donors (Lipinski definition) is 1. The van der Waals surface area contributed by atoms with Crippen LogP contribution in [0.4, 0.5) is 5.69 Å². The lowest BCUT2D eigenvalue weighted by Crippen LogP contribution is -2.53. The maximum Gasteiger partial charge on any atom is 0.244 e. The van der Waals surface area contributed by atoms with Crippen molar-refractivity contribution in [3.8, 4) is 0 Å². The van der Waals surface area contributed by atoms with Gasteiger partial charge in [0, 0.05) is 18.5 Å². The van der Waals surface area contributed by atoms with E-state index in [1.165, 1.54) is 40.1 Å². The predicted octanol–water partition coefficient (Wildman–Crippen LogP) is 3.05. The average Bonchev–Trinajstić information content (AvgIpc) is 2.79. The monoisotopic (exact) mass is 461 g/mol. The van der Waals surface area contributed by atoms with Crippen LogP contribution in [-0.4, -0.2) is 61.9 Å². The van der Waals surface area contributed by atoms with Gasteiger partial charge in [-0.2, -0.15) is 4.31 Å². The summed E-state index contributed by atoms with van der Waals surface area (Å²) in [5.74, 6) is -0.696. The average molecular weight is 462 g/mol. The van der Waals surface area contributed by atoms with Gasteiger partial charge in [-0.1, -0.05) is 36.8 Å². The molecule has 1 fully saturated rings. The standard InChI is InChI=1S/C22H27N3O4S2/c1-24(16-21(26)23-18-12-6-7-14-20(18)30-2)22(27)19-13-8-9-15-25(19)31(28,29)17-10-4-3-5-11-17/h3-7,10-12,14,19H,8-9,13,15-16H2,1-2H3,(H,23,26). The molecule has 1 saturated heterocycles. The van der Waals surface area contributed by atoms with Crippen LogP contribution < -0.4 is 5.32 Å². The minimum atomic E-state index is -3.79. The summed E-state index contributed by atoms with van der Waals surface area (Å²) in [5.41, 5.74) is 0.687. The van der Waals surface area contributed by atoms with Crippen LogP contribution in [0.2, 0.25) is 0 Å². The van der Waals surface area contributed by atoms with E-state index in [9.17, 15) is 18.0 Å². The number of anilines is 1. The first kappa shape index (κ1) is 23.3. The van der Waals surface area contributed by atoms with Gasteiger partial charge in [0.1, 0.15) is 6.04 Å². The Morgan fingerprint density at radius 2 is 1.77 bits per heavy atom. The number of para-hydroxylation sites is 1. The minimum Gasteiger partial charge on any atom is -0.335 e. The molecule has 1 N–H and O–H groups in total. The molecule has 2 aromatic carbocycles. The Morgan fingerprint density at radius 1 is 1.10 bits per heavy atom. The predicted molar refractivity (Wildman–Crippen MR) is 122 cm³/mol. The maximum atomic E-state index is 13.1. The molecule has 0 radical (unpaired) electrons. The number of sulfonamides is 1. The molecule has 9 heteroatoms. The molecular weight excluding hydrogens is 434 g/mol. The summed E-state index contributed by atoms with van der Waals surface area (Å²) >= 11 is 1.52. The quantitative estimate of drug-likeness (QED) is 0.641. The molecule has 1 atom stereocenters. The van der Waals surface area contributed by atoms with Crippen LogP contribution in [0, 0.1) is 0 Å². The first-order chi connectivity index (χ1) is 14.8. The lowest BCUT2D eigenvalue weighted by atomic mass is 10.0. The van der Waals surface area contributed by atoms with E-state index in [4.69, 9.17) is 0 Å². The van der Waals surface area contributed by atoms with Crippen LogP contribution in [0.25, 0.3) is 0 Å². The first-order valence-corrected chi connectivity index (χ1v) is 12.8. The number of carbonyl (C=O) groups is 2. The zero-order valence-electron chi connectivity index (χ0n) is 17.7. The number of rotatable bonds is 7. The van der Waals surface area contributed by atoms with E-state index in [1.807, 2.05) is 24.5 Å². The van der Waals surface area contributed by atoms with Crippen LogP contribution in [0.1, 0.15) is 19.3 Å². The molecular formula is C22H27N3O4S2. The van der Waals surface area contributed by atoms with Crippen LogP contribution >= 0.6 is 11.8 Å². The summed E-state index contributed by atoms with van der Waals surface area (Å²) in [6, 6.07) is 14.8. The number of hydrogen-bond acceptors (Lipinski definition) is 5. The Morgan fingerprint density at radius 3 is 2.48 bits per heavy atom. The second-order valence-electron chi connectivity index (χ2n) is 7.38. The van der Waals surface area contributed by atoms with Crippen LogP contribution in [0.3, 0.4) is 0 Å². The molecule has 31 heavy (non-hydrogen) atoms. The summed E-state index contributed by atoms with van der Waals surface area (Å²) in [7, 11) is -2.26. The normalized spacial score (nSPS) is 17.2. The van der Waals surface area contributed by atoms with Gasteiger partial charge in [-0.15, -0.1) is 11.8 Å². The molecule has 166 valence electrons. The fourth-order valence-electron chi connectivity index (χ4n) is 3.65. The molecule has 1 heterocycles. The van der Waals surface area contributed by atoms with Crippen molar-refractivity contribution in [3.05, 3.63) is 54.6 Å². The number of benzene rings is 2. The van der Waals surface area contributed by atoms with Gasteiger partial charge in [0.25, 0.3) is 0 Å². The molecule has 2 aromatic rings. The number of amides is 2. The molecule has 3 rings (SSSR count). The Kier molecular flexibility index (Phi) is 7.74. The third kappa shape index (κ3) is 5.47. The van der Waals surface area contributed by atoms with E-state index in [1.54, 1.807) is 24.3 Å². The molecule has 1 aliphatic heterocycles. The molecule has 7 nitrogen and oxygen atoms in total. The number of piperidine rings is 1. The van der Waals surface area contributed by atoms with Gasteiger partial charge in [0.15, 0.2) is 0 Å². The number of thioether (sulfide) groups is 1. The molecule has 0 aliphatic carbocycles. The van der Waals surface area contributed by atoms with Crippen molar-refractivity contribution in [2.45, 2.75) is 35.1 Å². The summed E-state index contributed by atoms with van der Waals surface area (Å²) in [5, 5.41) is 2.83. The molecule has 1 aliphatic rings. The largest absolute Gasteiger partial charge is 0.335 e. The van der Waals surface area contributed by atoms with E-state index in [0.717, 1.165) is 11.3 Å². The highest BCUT2D eigenvalue weighted by Gasteiger charge is 2.39. The smallest absolute Gasteiger partial charge is 0.244 e. The van der Waals surface area contributed by atoms with Gasteiger partial charge in [-0.25, -0.2) is 8.42 Å². The van der Waals surface area contributed by atoms with E-state index >= 15 is 0 Å². The SMILES string of the molecule is CSc1ccccc1NC(=O)CN(C)C(=O)C1CCCCN1S(=O)(=O)c1ccccc1. The number of nitrogens with zero attached hydrogens (tertiary/aromatic N) is 2.